The molecule has 1 aromatic heterocycles. The number of rotatable bonds is 6. The summed E-state index contributed by atoms with van der Waals surface area (Å²) in [6, 6.07) is 7.51. The molecule has 2 N–H and O–H groups in total. The fourth-order valence-corrected chi connectivity index (χ4v) is 6.70. The van der Waals surface area contributed by atoms with E-state index >= 15 is 0 Å². The van der Waals surface area contributed by atoms with Gasteiger partial charge in [0.2, 0.25) is 5.91 Å². The third kappa shape index (κ3) is 3.62. The lowest BCUT2D eigenvalue weighted by atomic mass is 9.49. The Morgan fingerprint density at radius 1 is 1.07 bits per heavy atom. The summed E-state index contributed by atoms with van der Waals surface area (Å²) in [7, 11) is 0. The van der Waals surface area contributed by atoms with Crippen molar-refractivity contribution in [3.05, 3.63) is 35.6 Å². The van der Waals surface area contributed by atoms with Crippen molar-refractivity contribution < 1.29 is 18.7 Å². The van der Waals surface area contributed by atoms with Gasteiger partial charge in [-0.25, -0.2) is 0 Å². The third-order valence-corrected chi connectivity index (χ3v) is 7.37. The number of carbonyl (C=O) groups is 2. The van der Waals surface area contributed by atoms with E-state index in [2.05, 4.69) is 10.9 Å². The number of fused-ring (bicyclic) bond motifs is 1. The molecule has 4 saturated carbocycles. The van der Waals surface area contributed by atoms with Gasteiger partial charge in [-0.2, -0.15) is 0 Å². The highest BCUT2D eigenvalue weighted by molar-refractivity contribution is 5.99. The summed E-state index contributed by atoms with van der Waals surface area (Å²) in [5.41, 5.74) is 6.70. The van der Waals surface area contributed by atoms with Gasteiger partial charge in [0.15, 0.2) is 5.76 Å². The van der Waals surface area contributed by atoms with Crippen molar-refractivity contribution in [1.29, 1.82) is 0 Å². The zero-order valence-corrected chi connectivity index (χ0v) is 17.5. The molecule has 1 heterocycles. The number of benzene rings is 1. The number of nitrogens with one attached hydrogen (secondary N) is 2. The lowest BCUT2D eigenvalue weighted by Crippen LogP contribution is -2.50. The lowest BCUT2D eigenvalue weighted by molar-refractivity contribution is -0.130. The number of ether oxygens (including phenoxy) is 1. The van der Waals surface area contributed by atoms with Crippen LogP contribution in [0.1, 0.15) is 68.0 Å². The number of furan rings is 1. The van der Waals surface area contributed by atoms with Crippen molar-refractivity contribution in [2.24, 2.45) is 23.2 Å². The predicted octanol–water partition coefficient (Wildman–Crippen LogP) is 4.34. The van der Waals surface area contributed by atoms with Gasteiger partial charge in [-0.3, -0.25) is 20.4 Å². The van der Waals surface area contributed by atoms with Gasteiger partial charge in [0.05, 0.1) is 6.61 Å². The normalized spacial score (nSPS) is 29.3. The molecule has 0 aliphatic heterocycles. The number of carbonyl (C=O) groups excluding carboxylic acids is 2. The maximum Gasteiger partial charge on any atom is 0.305 e. The molecule has 0 atom stereocenters. The molecular weight excluding hydrogens is 380 g/mol. The Bertz CT molecular complexity index is 928. The van der Waals surface area contributed by atoms with E-state index in [9.17, 15) is 9.59 Å². The molecule has 4 aliphatic carbocycles. The van der Waals surface area contributed by atoms with Gasteiger partial charge in [-0.15, -0.1) is 0 Å². The first-order valence-electron chi connectivity index (χ1n) is 11.2. The Labute approximate surface area is 176 Å². The van der Waals surface area contributed by atoms with E-state index in [4.69, 9.17) is 9.15 Å². The standard InChI is InChI=1S/C24H30N2O4/c1-2-29-14-19-18-5-3-4-6-20(18)30-22(19)23(28)26-25-21(27)13-24-10-15-7-16(11-24)9-17(8-15)12-24/h3-6,15-17H,2,7-14H2,1H3,(H,25,27)(H,26,28). The maximum absolute atomic E-state index is 12.8. The molecule has 30 heavy (non-hydrogen) atoms. The van der Waals surface area contributed by atoms with Crippen molar-refractivity contribution in [3.8, 4) is 0 Å². The van der Waals surface area contributed by atoms with Crippen molar-refractivity contribution in [3.63, 3.8) is 0 Å². The van der Waals surface area contributed by atoms with Crippen LogP contribution in [0.15, 0.2) is 28.7 Å². The molecule has 4 aliphatic rings. The SMILES string of the molecule is CCOCc1c(C(=O)NNC(=O)CC23CC4CC(CC(C4)C2)C3)oc2ccccc12. The van der Waals surface area contributed by atoms with Crippen LogP contribution >= 0.6 is 0 Å². The van der Waals surface area contributed by atoms with Crippen molar-refractivity contribution in [1.82, 2.24) is 10.9 Å². The van der Waals surface area contributed by atoms with Crippen LogP contribution in [0.4, 0.5) is 0 Å². The maximum atomic E-state index is 12.8. The average molecular weight is 411 g/mol. The Morgan fingerprint density at radius 2 is 1.73 bits per heavy atom. The topological polar surface area (TPSA) is 80.6 Å². The first-order valence-corrected chi connectivity index (χ1v) is 11.2. The summed E-state index contributed by atoms with van der Waals surface area (Å²) in [5.74, 6) is 2.05. The molecule has 2 aromatic rings. The van der Waals surface area contributed by atoms with Gasteiger partial charge >= 0.3 is 5.91 Å². The number of hydrogen-bond donors (Lipinski definition) is 2. The first-order chi connectivity index (χ1) is 14.5. The van der Waals surface area contributed by atoms with E-state index < -0.39 is 5.91 Å². The van der Waals surface area contributed by atoms with Gasteiger partial charge in [-0.05, 0) is 74.7 Å². The van der Waals surface area contributed by atoms with Crippen LogP contribution in [0.2, 0.25) is 0 Å². The largest absolute Gasteiger partial charge is 0.450 e. The molecular formula is C24H30N2O4. The zero-order valence-electron chi connectivity index (χ0n) is 17.5. The molecule has 0 unspecified atom stereocenters. The van der Waals surface area contributed by atoms with Crippen LogP contribution < -0.4 is 10.9 Å². The Morgan fingerprint density at radius 3 is 2.40 bits per heavy atom. The van der Waals surface area contributed by atoms with Gasteiger partial charge < -0.3 is 9.15 Å². The fourth-order valence-electron chi connectivity index (χ4n) is 6.70. The monoisotopic (exact) mass is 410 g/mol. The highest BCUT2D eigenvalue weighted by Crippen LogP contribution is 2.61. The van der Waals surface area contributed by atoms with E-state index in [0.717, 1.165) is 23.1 Å². The second-order valence-electron chi connectivity index (χ2n) is 9.64. The number of amides is 2. The zero-order chi connectivity index (χ0) is 20.7. The molecule has 4 bridgehead atoms. The molecule has 0 spiro atoms. The summed E-state index contributed by atoms with van der Waals surface area (Å²) in [6.07, 6.45) is 8.07. The minimum absolute atomic E-state index is 0.104. The first kappa shape index (κ1) is 19.6. The number of para-hydroxylation sites is 1. The third-order valence-electron chi connectivity index (χ3n) is 7.37. The summed E-state index contributed by atoms with van der Waals surface area (Å²) >= 11 is 0. The van der Waals surface area contributed by atoms with Crippen LogP contribution in [-0.2, 0) is 16.1 Å². The van der Waals surface area contributed by atoms with Crippen LogP contribution in [0.3, 0.4) is 0 Å². The number of hydrazine groups is 1. The minimum Gasteiger partial charge on any atom is -0.450 e. The quantitative estimate of drug-likeness (QED) is 0.695. The van der Waals surface area contributed by atoms with Gasteiger partial charge in [-0.1, -0.05) is 18.2 Å². The molecule has 4 fully saturated rings. The van der Waals surface area contributed by atoms with Gasteiger partial charge in [0.1, 0.15) is 5.58 Å². The molecule has 0 radical (unpaired) electrons. The Balaban J connectivity index is 1.25. The van der Waals surface area contributed by atoms with E-state index in [1.165, 1.54) is 38.5 Å². The van der Waals surface area contributed by atoms with Crippen molar-refractivity contribution in [2.45, 2.75) is 58.5 Å². The van der Waals surface area contributed by atoms with E-state index in [0.29, 0.717) is 24.2 Å². The van der Waals surface area contributed by atoms with E-state index in [1.54, 1.807) is 0 Å². The second-order valence-corrected chi connectivity index (χ2v) is 9.64. The molecule has 6 nitrogen and oxygen atoms in total. The number of hydrogen-bond acceptors (Lipinski definition) is 4. The molecule has 160 valence electrons. The summed E-state index contributed by atoms with van der Waals surface area (Å²) in [6.45, 7) is 2.74. The van der Waals surface area contributed by atoms with Crippen LogP contribution in [-0.4, -0.2) is 18.4 Å². The van der Waals surface area contributed by atoms with E-state index in [-0.39, 0.29) is 23.7 Å². The van der Waals surface area contributed by atoms with E-state index in [1.807, 2.05) is 31.2 Å². The Hall–Kier alpha value is -2.34. The summed E-state index contributed by atoms with van der Waals surface area (Å²) in [4.78, 5) is 25.5. The molecule has 6 rings (SSSR count). The van der Waals surface area contributed by atoms with Crippen LogP contribution in [0.5, 0.6) is 0 Å². The minimum atomic E-state index is -0.445. The summed E-state index contributed by atoms with van der Waals surface area (Å²) in [5, 5.41) is 0.857. The van der Waals surface area contributed by atoms with Crippen molar-refractivity contribution in [2.75, 3.05) is 6.61 Å². The summed E-state index contributed by atoms with van der Waals surface area (Å²) < 4.78 is 11.3. The van der Waals surface area contributed by atoms with Crippen LogP contribution in [0.25, 0.3) is 11.0 Å². The lowest BCUT2D eigenvalue weighted by Gasteiger charge is -2.56. The van der Waals surface area contributed by atoms with Gasteiger partial charge in [0, 0.05) is 24.0 Å². The highest BCUT2D eigenvalue weighted by atomic mass is 16.5. The predicted molar refractivity (Wildman–Crippen MR) is 112 cm³/mol. The fraction of sp³-hybridized carbons (Fsp3) is 0.583. The molecule has 6 heteroatoms. The smallest absolute Gasteiger partial charge is 0.305 e. The molecule has 0 saturated heterocycles. The molecule has 1 aromatic carbocycles. The highest BCUT2D eigenvalue weighted by Gasteiger charge is 2.51. The van der Waals surface area contributed by atoms with Crippen LogP contribution in [0, 0.1) is 23.2 Å². The van der Waals surface area contributed by atoms with Gasteiger partial charge in [0.25, 0.3) is 0 Å². The van der Waals surface area contributed by atoms with Crippen molar-refractivity contribution >= 4 is 22.8 Å². The average Bonchev–Trinajstić information content (AvgIpc) is 3.08. The Kier molecular flexibility index (Phi) is 5.05. The second kappa shape index (κ2) is 7.73. The molecule has 2 amide bonds.